The fourth-order valence-electron chi connectivity index (χ4n) is 3.98. The van der Waals surface area contributed by atoms with Crippen LogP contribution in [0.2, 0.25) is 0 Å². The summed E-state index contributed by atoms with van der Waals surface area (Å²) in [5.41, 5.74) is 14.6. The van der Waals surface area contributed by atoms with Crippen molar-refractivity contribution < 1.29 is 28.5 Å². The van der Waals surface area contributed by atoms with E-state index < -0.39 is 24.1 Å². The van der Waals surface area contributed by atoms with E-state index in [-0.39, 0.29) is 25.9 Å². The van der Waals surface area contributed by atoms with Crippen LogP contribution in [0.4, 0.5) is 0 Å². The average Bonchev–Trinajstić information content (AvgIpc) is 3.53. The minimum absolute atomic E-state index is 0.0694. The first-order chi connectivity index (χ1) is 18.4. The van der Waals surface area contributed by atoms with Gasteiger partial charge in [-0.05, 0) is 36.4 Å². The summed E-state index contributed by atoms with van der Waals surface area (Å²) in [5.74, 6) is -0.105. The molecule has 0 amide bonds. The van der Waals surface area contributed by atoms with Crippen molar-refractivity contribution in [3.05, 3.63) is 59.9 Å². The van der Waals surface area contributed by atoms with Gasteiger partial charge < -0.3 is 30.4 Å². The molecular formula is C26H30N6O6. The van der Waals surface area contributed by atoms with Gasteiger partial charge in [0.15, 0.2) is 0 Å². The second-order valence-corrected chi connectivity index (χ2v) is 8.49. The largest absolute Gasteiger partial charge is 0.497 e. The number of carbonyl (C=O) groups is 2. The zero-order chi connectivity index (χ0) is 27.1. The third-order valence-corrected chi connectivity index (χ3v) is 5.99. The van der Waals surface area contributed by atoms with Crippen molar-refractivity contribution in [2.24, 2.45) is 11.5 Å². The van der Waals surface area contributed by atoms with Gasteiger partial charge in [0.1, 0.15) is 23.7 Å². The molecule has 6 N–H and O–H groups in total. The number of nitrogens with two attached hydrogens (primary N) is 2. The van der Waals surface area contributed by atoms with Gasteiger partial charge in [-0.3, -0.25) is 10.2 Å². The van der Waals surface area contributed by atoms with Gasteiger partial charge >= 0.3 is 11.9 Å². The number of fused-ring (bicyclic) bond motifs is 2. The molecule has 0 radical (unpaired) electrons. The molecule has 4 rings (SSSR count). The summed E-state index contributed by atoms with van der Waals surface area (Å²) in [6.45, 7) is 0.139. The maximum Gasteiger partial charge on any atom is 0.331 e. The van der Waals surface area contributed by atoms with Crippen molar-refractivity contribution in [2.45, 2.75) is 25.0 Å². The molecule has 4 aromatic rings. The number of esters is 2. The molecule has 200 valence electrons. The van der Waals surface area contributed by atoms with Crippen molar-refractivity contribution in [1.82, 2.24) is 20.4 Å². The van der Waals surface area contributed by atoms with Crippen molar-refractivity contribution in [1.29, 1.82) is 0 Å². The Balaban J connectivity index is 1.33. The number of nitrogens with zero attached hydrogens (tertiary/aromatic N) is 2. The molecule has 0 fully saturated rings. The zero-order valence-electron chi connectivity index (χ0n) is 21.1. The third-order valence-electron chi connectivity index (χ3n) is 5.99. The molecule has 2 aromatic carbocycles. The molecule has 2 atom stereocenters. The first-order valence-electron chi connectivity index (χ1n) is 12.0. The molecular weight excluding hydrogens is 492 g/mol. The number of ether oxygens (including phenoxy) is 4. The van der Waals surface area contributed by atoms with Crippen molar-refractivity contribution in [3.63, 3.8) is 0 Å². The predicted octanol–water partition coefficient (Wildman–Crippen LogP) is 1.54. The quantitative estimate of drug-likeness (QED) is 0.157. The zero-order valence-corrected chi connectivity index (χ0v) is 21.1. The monoisotopic (exact) mass is 522 g/mol. The van der Waals surface area contributed by atoms with Gasteiger partial charge in [-0.1, -0.05) is 0 Å². The van der Waals surface area contributed by atoms with E-state index in [0.717, 1.165) is 34.0 Å². The maximum atomic E-state index is 12.4. The van der Waals surface area contributed by atoms with Crippen LogP contribution < -0.4 is 20.9 Å². The van der Waals surface area contributed by atoms with Crippen molar-refractivity contribution in [2.75, 3.05) is 27.3 Å². The molecule has 2 aromatic heterocycles. The molecule has 0 saturated carbocycles. The lowest BCUT2D eigenvalue weighted by Crippen LogP contribution is -2.29. The van der Waals surface area contributed by atoms with E-state index in [4.69, 9.17) is 30.4 Å². The van der Waals surface area contributed by atoms with Gasteiger partial charge in [0, 0.05) is 48.9 Å². The van der Waals surface area contributed by atoms with Crippen LogP contribution in [0.5, 0.6) is 11.5 Å². The van der Waals surface area contributed by atoms with Gasteiger partial charge in [-0.15, -0.1) is 0 Å². The first-order valence-corrected chi connectivity index (χ1v) is 12.0. The van der Waals surface area contributed by atoms with E-state index in [9.17, 15) is 9.59 Å². The van der Waals surface area contributed by atoms with Crippen molar-refractivity contribution in [3.8, 4) is 11.5 Å². The van der Waals surface area contributed by atoms with Crippen LogP contribution in [0.25, 0.3) is 21.8 Å². The number of hydrogen-bond donors (Lipinski definition) is 4. The van der Waals surface area contributed by atoms with Gasteiger partial charge in [-0.25, -0.2) is 9.59 Å². The van der Waals surface area contributed by atoms with E-state index in [1.165, 1.54) is 0 Å². The lowest BCUT2D eigenvalue weighted by Gasteiger charge is -2.15. The molecule has 0 aliphatic heterocycles. The highest BCUT2D eigenvalue weighted by molar-refractivity contribution is 5.92. The summed E-state index contributed by atoms with van der Waals surface area (Å²) in [5, 5.41) is 16.1. The highest BCUT2D eigenvalue weighted by atomic mass is 16.5. The van der Waals surface area contributed by atoms with Crippen LogP contribution in [0, 0.1) is 0 Å². The second kappa shape index (κ2) is 12.2. The average molecular weight is 523 g/mol. The Morgan fingerprint density at radius 1 is 0.789 bits per heavy atom. The van der Waals surface area contributed by atoms with Gasteiger partial charge in [0.2, 0.25) is 0 Å². The molecule has 0 aliphatic carbocycles. The van der Waals surface area contributed by atoms with Gasteiger partial charge in [-0.2, -0.15) is 10.2 Å². The second-order valence-electron chi connectivity index (χ2n) is 8.49. The lowest BCUT2D eigenvalue weighted by molar-refractivity contribution is -0.145. The normalized spacial score (nSPS) is 13.1. The smallest absolute Gasteiger partial charge is 0.331 e. The number of methoxy groups -OCH3 is 2. The Kier molecular flexibility index (Phi) is 8.56. The number of hydrogen-bond acceptors (Lipinski definition) is 10. The Labute approximate surface area is 218 Å². The summed E-state index contributed by atoms with van der Waals surface area (Å²) < 4.78 is 21.4. The number of carbonyl (C=O) groups excluding carboxylic acids is 2. The Morgan fingerprint density at radius 2 is 1.21 bits per heavy atom. The fraction of sp³-hybridized carbons (Fsp3) is 0.308. The summed E-state index contributed by atoms with van der Waals surface area (Å²) in [6.07, 6.45) is 1.26. The van der Waals surface area contributed by atoms with E-state index >= 15 is 0 Å². The Hall–Kier alpha value is -4.42. The predicted molar refractivity (Wildman–Crippen MR) is 140 cm³/mol. The molecule has 0 spiro atoms. The minimum Gasteiger partial charge on any atom is -0.497 e. The van der Waals surface area contributed by atoms with Crippen LogP contribution in [0.1, 0.15) is 11.4 Å². The van der Waals surface area contributed by atoms with Gasteiger partial charge in [0.25, 0.3) is 0 Å². The summed E-state index contributed by atoms with van der Waals surface area (Å²) >= 11 is 0. The van der Waals surface area contributed by atoms with E-state index in [1.807, 2.05) is 36.4 Å². The van der Waals surface area contributed by atoms with Crippen LogP contribution in [0.3, 0.4) is 0 Å². The van der Waals surface area contributed by atoms with Crippen LogP contribution in [-0.4, -0.2) is 71.9 Å². The lowest BCUT2D eigenvalue weighted by atomic mass is 10.1. The number of benzene rings is 2. The maximum absolute atomic E-state index is 12.4. The number of rotatable bonds is 12. The van der Waals surface area contributed by atoms with E-state index in [1.54, 1.807) is 14.2 Å². The van der Waals surface area contributed by atoms with Crippen LogP contribution in [-0.2, 0) is 31.9 Å². The summed E-state index contributed by atoms with van der Waals surface area (Å²) in [4.78, 5) is 24.7. The van der Waals surface area contributed by atoms with Crippen molar-refractivity contribution >= 4 is 33.7 Å². The summed E-state index contributed by atoms with van der Waals surface area (Å²) in [6, 6.07) is 11.0. The molecule has 12 nitrogen and oxygen atoms in total. The van der Waals surface area contributed by atoms with Crippen LogP contribution in [0.15, 0.2) is 48.6 Å². The topological polar surface area (TPSA) is 180 Å². The fourth-order valence-corrected chi connectivity index (χ4v) is 3.98. The molecule has 0 aliphatic rings. The SMILES string of the molecule is COc1ccc2[nH]nc(CC(CN)OC(=O)/C=C/C(=O)OC(CN)Cc3n[nH]c4ccc(OC)cc34)c2c1. The highest BCUT2D eigenvalue weighted by Gasteiger charge is 2.19. The molecule has 12 heteroatoms. The Morgan fingerprint density at radius 3 is 1.58 bits per heavy atom. The molecule has 38 heavy (non-hydrogen) atoms. The molecule has 2 heterocycles. The summed E-state index contributed by atoms with van der Waals surface area (Å²) in [7, 11) is 3.16. The van der Waals surface area contributed by atoms with Gasteiger partial charge in [0.05, 0.1) is 36.6 Å². The first kappa shape index (κ1) is 26.6. The van der Waals surface area contributed by atoms with Crippen LogP contribution >= 0.6 is 0 Å². The number of aromatic amines is 2. The standard InChI is InChI=1S/C26H30N6O6/c1-35-15-3-5-21-19(9-15)23(31-29-21)11-17(13-27)37-25(33)7-8-26(34)38-18(14-28)12-24-20-10-16(36-2)4-6-22(20)30-32-24/h3-10,17-18H,11-14,27-28H2,1-2H3,(H,29,31)(H,30,32)/b8-7+. The number of nitrogens with one attached hydrogen (secondary N) is 2. The molecule has 2 unspecified atom stereocenters. The highest BCUT2D eigenvalue weighted by Crippen LogP contribution is 2.24. The Bertz CT molecular complexity index is 1340. The minimum atomic E-state index is -0.732. The van der Waals surface area contributed by atoms with E-state index in [0.29, 0.717) is 22.9 Å². The van der Waals surface area contributed by atoms with E-state index in [2.05, 4.69) is 20.4 Å². The third kappa shape index (κ3) is 6.28. The number of H-pyrrole nitrogens is 2. The molecule has 0 bridgehead atoms. The molecule has 0 saturated heterocycles. The number of aromatic nitrogens is 4.